The van der Waals surface area contributed by atoms with E-state index in [0.717, 1.165) is 20.7 Å². The molecule has 0 saturated heterocycles. The summed E-state index contributed by atoms with van der Waals surface area (Å²) in [4.78, 5) is 2.30. The van der Waals surface area contributed by atoms with Crippen LogP contribution >= 0.6 is 27.7 Å². The largest absolute Gasteiger partial charge is 0.496 e. The van der Waals surface area contributed by atoms with Crippen molar-refractivity contribution in [1.82, 2.24) is 0 Å². The minimum atomic E-state index is -0.0641. The molecule has 4 heteroatoms. The number of methoxy groups -OCH3 is 1. The third kappa shape index (κ3) is 3.53. The lowest BCUT2D eigenvalue weighted by Gasteiger charge is -2.16. The van der Waals surface area contributed by atoms with Gasteiger partial charge in [-0.05, 0) is 37.3 Å². The van der Waals surface area contributed by atoms with Crippen molar-refractivity contribution in [2.75, 3.05) is 7.11 Å². The Labute approximate surface area is 126 Å². The van der Waals surface area contributed by atoms with Crippen molar-refractivity contribution >= 4 is 27.7 Å². The fraction of sp³-hybridized carbons (Fsp3) is 0.200. The number of ether oxygens (including phenoxy) is 1. The van der Waals surface area contributed by atoms with Crippen LogP contribution in [-0.4, -0.2) is 7.11 Å². The molecule has 0 spiro atoms. The molecule has 2 aromatic carbocycles. The topological polar surface area (TPSA) is 35.2 Å². The maximum absolute atomic E-state index is 6.07. The zero-order valence-corrected chi connectivity index (χ0v) is 13.3. The van der Waals surface area contributed by atoms with Crippen molar-refractivity contribution in [1.29, 1.82) is 0 Å². The molecule has 2 nitrogen and oxygen atoms in total. The Morgan fingerprint density at radius 3 is 2.58 bits per heavy atom. The number of rotatable bonds is 4. The lowest BCUT2D eigenvalue weighted by molar-refractivity contribution is 0.405. The van der Waals surface area contributed by atoms with Gasteiger partial charge in [-0.1, -0.05) is 39.8 Å². The molecule has 0 aliphatic rings. The van der Waals surface area contributed by atoms with Gasteiger partial charge in [0.2, 0.25) is 0 Å². The smallest absolute Gasteiger partial charge is 0.124 e. The highest BCUT2D eigenvalue weighted by atomic mass is 79.9. The van der Waals surface area contributed by atoms with Gasteiger partial charge in [-0.3, -0.25) is 0 Å². The third-order valence-electron chi connectivity index (χ3n) is 2.73. The average molecular weight is 338 g/mol. The van der Waals surface area contributed by atoms with Crippen LogP contribution < -0.4 is 10.5 Å². The van der Waals surface area contributed by atoms with E-state index in [-0.39, 0.29) is 6.04 Å². The molecule has 0 radical (unpaired) electrons. The van der Waals surface area contributed by atoms with E-state index in [2.05, 4.69) is 34.1 Å². The van der Waals surface area contributed by atoms with E-state index in [1.807, 2.05) is 31.2 Å². The van der Waals surface area contributed by atoms with Crippen LogP contribution in [0, 0.1) is 0 Å². The number of nitrogens with two attached hydrogens (primary N) is 1. The summed E-state index contributed by atoms with van der Waals surface area (Å²) in [7, 11) is 1.68. The predicted octanol–water partition coefficient (Wildman–Crippen LogP) is 4.63. The molecule has 0 aromatic heterocycles. The van der Waals surface area contributed by atoms with Gasteiger partial charge in [0.25, 0.3) is 0 Å². The Kier molecular flexibility index (Phi) is 4.91. The Morgan fingerprint density at radius 2 is 1.95 bits per heavy atom. The van der Waals surface area contributed by atoms with Crippen LogP contribution in [0.2, 0.25) is 0 Å². The van der Waals surface area contributed by atoms with Gasteiger partial charge in [-0.15, -0.1) is 0 Å². The number of benzene rings is 2. The lowest BCUT2D eigenvalue weighted by atomic mass is 10.1. The monoisotopic (exact) mass is 337 g/mol. The molecular formula is C15H16BrNOS. The van der Waals surface area contributed by atoms with Gasteiger partial charge in [0, 0.05) is 25.9 Å². The summed E-state index contributed by atoms with van der Waals surface area (Å²) in [5.74, 6) is 0.843. The molecule has 1 unspecified atom stereocenters. The summed E-state index contributed by atoms with van der Waals surface area (Å²) in [6.07, 6.45) is 0. The van der Waals surface area contributed by atoms with Crippen LogP contribution in [-0.2, 0) is 0 Å². The van der Waals surface area contributed by atoms with Crippen LogP contribution in [0.1, 0.15) is 18.5 Å². The minimum Gasteiger partial charge on any atom is -0.496 e. The summed E-state index contributed by atoms with van der Waals surface area (Å²) >= 11 is 5.18. The second-order valence-electron chi connectivity index (χ2n) is 4.22. The first-order chi connectivity index (χ1) is 9.11. The molecule has 2 rings (SSSR count). The van der Waals surface area contributed by atoms with Crippen LogP contribution in [0.5, 0.6) is 5.75 Å². The van der Waals surface area contributed by atoms with E-state index < -0.39 is 0 Å². The summed E-state index contributed by atoms with van der Waals surface area (Å²) < 4.78 is 6.48. The highest BCUT2D eigenvalue weighted by molar-refractivity contribution is 9.10. The second kappa shape index (κ2) is 6.46. The quantitative estimate of drug-likeness (QED) is 0.883. The summed E-state index contributed by atoms with van der Waals surface area (Å²) in [6, 6.07) is 14.2. The Bertz CT molecular complexity index is 572. The van der Waals surface area contributed by atoms with Gasteiger partial charge in [0.05, 0.1) is 7.11 Å². The van der Waals surface area contributed by atoms with Crippen molar-refractivity contribution < 1.29 is 4.74 Å². The molecule has 0 saturated carbocycles. The molecule has 0 heterocycles. The highest BCUT2D eigenvalue weighted by Gasteiger charge is 2.14. The van der Waals surface area contributed by atoms with Gasteiger partial charge >= 0.3 is 0 Å². The van der Waals surface area contributed by atoms with Crippen molar-refractivity contribution in [2.24, 2.45) is 5.73 Å². The van der Waals surface area contributed by atoms with E-state index in [1.54, 1.807) is 18.9 Å². The molecule has 0 bridgehead atoms. The fourth-order valence-corrected chi connectivity index (χ4v) is 3.58. The molecule has 19 heavy (non-hydrogen) atoms. The van der Waals surface area contributed by atoms with Crippen molar-refractivity contribution in [3.8, 4) is 5.75 Å². The number of halogens is 1. The standard InChI is InChI=1S/C15H16BrNOS/c1-10(17)15-13(18-2)7-4-8-14(15)19-12-6-3-5-11(16)9-12/h3-10H,17H2,1-2H3. The lowest BCUT2D eigenvalue weighted by Crippen LogP contribution is -2.08. The fourth-order valence-electron chi connectivity index (χ4n) is 1.90. The van der Waals surface area contributed by atoms with Crippen LogP contribution in [0.15, 0.2) is 56.7 Å². The van der Waals surface area contributed by atoms with Gasteiger partial charge in [0.15, 0.2) is 0 Å². The molecule has 0 aliphatic carbocycles. The Hall–Kier alpha value is -0.970. The van der Waals surface area contributed by atoms with E-state index in [0.29, 0.717) is 0 Å². The number of hydrogen-bond acceptors (Lipinski definition) is 3. The van der Waals surface area contributed by atoms with E-state index in [1.165, 1.54) is 4.90 Å². The molecule has 1 atom stereocenters. The number of hydrogen-bond donors (Lipinski definition) is 1. The first-order valence-electron chi connectivity index (χ1n) is 5.97. The van der Waals surface area contributed by atoms with Crippen molar-refractivity contribution in [3.63, 3.8) is 0 Å². The zero-order chi connectivity index (χ0) is 13.8. The van der Waals surface area contributed by atoms with Crippen molar-refractivity contribution in [2.45, 2.75) is 22.8 Å². The van der Waals surface area contributed by atoms with Gasteiger partial charge in [-0.25, -0.2) is 0 Å². The van der Waals surface area contributed by atoms with Crippen LogP contribution in [0.3, 0.4) is 0 Å². The SMILES string of the molecule is COc1cccc(Sc2cccc(Br)c2)c1C(C)N. The average Bonchev–Trinajstić information content (AvgIpc) is 2.38. The second-order valence-corrected chi connectivity index (χ2v) is 6.25. The van der Waals surface area contributed by atoms with Crippen molar-refractivity contribution in [3.05, 3.63) is 52.5 Å². The first-order valence-corrected chi connectivity index (χ1v) is 7.58. The van der Waals surface area contributed by atoms with Crippen LogP contribution in [0.25, 0.3) is 0 Å². The zero-order valence-electron chi connectivity index (χ0n) is 10.9. The Morgan fingerprint density at radius 1 is 1.21 bits per heavy atom. The molecular weight excluding hydrogens is 322 g/mol. The summed E-state index contributed by atoms with van der Waals surface area (Å²) in [5, 5.41) is 0. The van der Waals surface area contributed by atoms with Gasteiger partial charge in [0.1, 0.15) is 5.75 Å². The van der Waals surface area contributed by atoms with E-state index >= 15 is 0 Å². The maximum Gasteiger partial charge on any atom is 0.124 e. The minimum absolute atomic E-state index is 0.0641. The highest BCUT2D eigenvalue weighted by Crippen LogP contribution is 2.38. The van der Waals surface area contributed by atoms with Gasteiger partial charge in [-0.2, -0.15) is 0 Å². The molecule has 0 fully saturated rings. The van der Waals surface area contributed by atoms with E-state index in [4.69, 9.17) is 10.5 Å². The molecule has 0 aliphatic heterocycles. The summed E-state index contributed by atoms with van der Waals surface area (Å²) in [5.41, 5.74) is 7.12. The summed E-state index contributed by atoms with van der Waals surface area (Å²) in [6.45, 7) is 1.98. The van der Waals surface area contributed by atoms with Crippen LogP contribution in [0.4, 0.5) is 0 Å². The molecule has 0 amide bonds. The van der Waals surface area contributed by atoms with Gasteiger partial charge < -0.3 is 10.5 Å². The third-order valence-corrected chi connectivity index (χ3v) is 4.28. The normalized spacial score (nSPS) is 12.2. The maximum atomic E-state index is 6.07. The molecule has 2 aromatic rings. The molecule has 100 valence electrons. The first kappa shape index (κ1) is 14.4. The predicted molar refractivity (Wildman–Crippen MR) is 83.9 cm³/mol. The van der Waals surface area contributed by atoms with E-state index in [9.17, 15) is 0 Å². The molecule has 2 N–H and O–H groups in total. The Balaban J connectivity index is 2.39.